The van der Waals surface area contributed by atoms with Crippen molar-refractivity contribution < 1.29 is 4.79 Å². The first kappa shape index (κ1) is 14.9. The molecule has 0 N–H and O–H groups in total. The third-order valence-electron chi connectivity index (χ3n) is 3.33. The molecule has 0 aliphatic carbocycles. The second-order valence-corrected chi connectivity index (χ2v) is 6.03. The Morgan fingerprint density at radius 2 is 1.85 bits per heavy atom. The maximum atomic E-state index is 12.1. The maximum absolute atomic E-state index is 12.1. The van der Waals surface area contributed by atoms with Crippen LogP contribution in [0.1, 0.15) is 26.2 Å². The van der Waals surface area contributed by atoms with Gasteiger partial charge in [-0.1, -0.05) is 50.1 Å². The van der Waals surface area contributed by atoms with Crippen LogP contribution < -0.4 is 0 Å². The summed E-state index contributed by atoms with van der Waals surface area (Å²) in [4.78, 5) is 15.0. The van der Waals surface area contributed by atoms with Gasteiger partial charge in [0.05, 0.1) is 0 Å². The van der Waals surface area contributed by atoms with Crippen LogP contribution in [0.3, 0.4) is 0 Å². The predicted octanol–water partition coefficient (Wildman–Crippen LogP) is 5.17. The summed E-state index contributed by atoms with van der Waals surface area (Å²) in [7, 11) is 1.88. The summed E-state index contributed by atoms with van der Waals surface area (Å²) in [5, 5.41) is 2.51. The molecule has 2 aromatic rings. The van der Waals surface area contributed by atoms with Crippen molar-refractivity contribution in [2.45, 2.75) is 31.1 Å². The highest BCUT2D eigenvalue weighted by molar-refractivity contribution is 8.13. The molecule has 0 heterocycles. The van der Waals surface area contributed by atoms with Crippen molar-refractivity contribution >= 4 is 27.8 Å². The molecule has 0 spiro atoms. The molecule has 2 aromatic carbocycles. The molecule has 0 saturated carbocycles. The van der Waals surface area contributed by atoms with Crippen molar-refractivity contribution in [2.75, 3.05) is 13.6 Å². The Bertz CT molecular complexity index is 582. The molecule has 2 rings (SSSR count). The van der Waals surface area contributed by atoms with E-state index in [1.54, 1.807) is 0 Å². The van der Waals surface area contributed by atoms with E-state index in [0.29, 0.717) is 0 Å². The summed E-state index contributed by atoms with van der Waals surface area (Å²) in [6.45, 7) is 3.01. The molecule has 0 bridgehead atoms. The first-order chi connectivity index (χ1) is 9.70. The van der Waals surface area contributed by atoms with Crippen molar-refractivity contribution in [3.63, 3.8) is 0 Å². The zero-order chi connectivity index (χ0) is 14.4. The van der Waals surface area contributed by atoms with E-state index >= 15 is 0 Å². The molecule has 0 aromatic heterocycles. The minimum absolute atomic E-state index is 0.122. The summed E-state index contributed by atoms with van der Waals surface area (Å²) in [5.41, 5.74) is 0. The zero-order valence-electron chi connectivity index (χ0n) is 12.1. The van der Waals surface area contributed by atoms with Gasteiger partial charge in [-0.05, 0) is 41.1 Å². The summed E-state index contributed by atoms with van der Waals surface area (Å²) in [5.74, 6) is 0. The Morgan fingerprint density at radius 1 is 1.10 bits per heavy atom. The van der Waals surface area contributed by atoms with Crippen LogP contribution in [-0.2, 0) is 0 Å². The number of fused-ring (bicyclic) bond motifs is 1. The summed E-state index contributed by atoms with van der Waals surface area (Å²) < 4.78 is 0. The molecule has 0 saturated heterocycles. The average molecular weight is 287 g/mol. The molecule has 0 aliphatic rings. The van der Waals surface area contributed by atoms with E-state index < -0.39 is 0 Å². The lowest BCUT2D eigenvalue weighted by molar-refractivity contribution is 0.232. The number of hydrogen-bond acceptors (Lipinski definition) is 2. The average Bonchev–Trinajstić information content (AvgIpc) is 2.47. The Balaban J connectivity index is 1.98. The molecule has 1 amide bonds. The Kier molecular flexibility index (Phi) is 5.48. The summed E-state index contributed by atoms with van der Waals surface area (Å²) in [6.07, 6.45) is 3.44. The van der Waals surface area contributed by atoms with Crippen molar-refractivity contribution in [3.8, 4) is 0 Å². The second-order valence-electron chi connectivity index (χ2n) is 5.01. The van der Waals surface area contributed by atoms with Gasteiger partial charge < -0.3 is 4.90 Å². The molecule has 0 atom stereocenters. The first-order valence-electron chi connectivity index (χ1n) is 7.12. The smallest absolute Gasteiger partial charge is 0.286 e. The van der Waals surface area contributed by atoms with Crippen LogP contribution >= 0.6 is 11.8 Å². The maximum Gasteiger partial charge on any atom is 0.286 e. The largest absolute Gasteiger partial charge is 0.336 e. The number of carbonyl (C=O) groups excluding carboxylic acids is 1. The van der Waals surface area contributed by atoms with Gasteiger partial charge in [-0.2, -0.15) is 0 Å². The van der Waals surface area contributed by atoms with Gasteiger partial charge in [-0.25, -0.2) is 0 Å². The van der Waals surface area contributed by atoms with E-state index in [-0.39, 0.29) is 5.24 Å². The van der Waals surface area contributed by atoms with Crippen LogP contribution in [0, 0.1) is 0 Å². The van der Waals surface area contributed by atoms with Crippen molar-refractivity contribution in [1.29, 1.82) is 0 Å². The van der Waals surface area contributed by atoms with E-state index in [9.17, 15) is 4.79 Å². The molecular formula is C17H21NOS. The molecular weight excluding hydrogens is 266 g/mol. The van der Waals surface area contributed by atoms with Crippen molar-refractivity contribution in [2.24, 2.45) is 0 Å². The van der Waals surface area contributed by atoms with E-state index in [0.717, 1.165) is 17.9 Å². The summed E-state index contributed by atoms with van der Waals surface area (Å²) >= 11 is 1.31. The molecule has 0 unspecified atom stereocenters. The Hall–Kier alpha value is -1.48. The SMILES string of the molecule is CCCCCN(C)C(=O)Sc1ccc2ccccc2c1. The van der Waals surface area contributed by atoms with Gasteiger partial charge in [0.25, 0.3) is 5.24 Å². The van der Waals surface area contributed by atoms with Gasteiger partial charge in [-0.15, -0.1) is 0 Å². The number of thioether (sulfide) groups is 1. The van der Waals surface area contributed by atoms with Gasteiger partial charge in [0.15, 0.2) is 0 Å². The molecule has 2 nitrogen and oxygen atoms in total. The number of unbranched alkanes of at least 4 members (excludes halogenated alkanes) is 2. The number of amides is 1. The summed E-state index contributed by atoms with van der Waals surface area (Å²) in [6, 6.07) is 14.4. The fraction of sp³-hybridized carbons (Fsp3) is 0.353. The van der Waals surface area contributed by atoms with Crippen LogP contribution in [0.2, 0.25) is 0 Å². The van der Waals surface area contributed by atoms with Gasteiger partial charge in [-0.3, -0.25) is 4.79 Å². The topological polar surface area (TPSA) is 20.3 Å². The van der Waals surface area contributed by atoms with Crippen LogP contribution in [0.15, 0.2) is 47.4 Å². The Morgan fingerprint density at radius 3 is 2.60 bits per heavy atom. The van der Waals surface area contributed by atoms with Gasteiger partial charge in [0.2, 0.25) is 0 Å². The number of hydrogen-bond donors (Lipinski definition) is 0. The Labute approximate surface area is 125 Å². The van der Waals surface area contributed by atoms with Gasteiger partial charge in [0, 0.05) is 18.5 Å². The molecule has 3 heteroatoms. The number of carbonyl (C=O) groups is 1. The normalized spacial score (nSPS) is 10.7. The fourth-order valence-corrected chi connectivity index (χ4v) is 2.87. The number of nitrogens with zero attached hydrogens (tertiary/aromatic N) is 1. The molecule has 0 radical (unpaired) electrons. The number of benzene rings is 2. The highest BCUT2D eigenvalue weighted by Gasteiger charge is 2.10. The van der Waals surface area contributed by atoms with Crippen LogP contribution in [0.5, 0.6) is 0 Å². The van der Waals surface area contributed by atoms with E-state index in [2.05, 4.69) is 31.2 Å². The van der Waals surface area contributed by atoms with E-state index in [1.165, 1.54) is 35.4 Å². The standard InChI is InChI=1S/C17H21NOS/c1-3-4-7-12-18(2)17(19)20-16-11-10-14-8-5-6-9-15(14)13-16/h5-6,8-11,13H,3-4,7,12H2,1-2H3. The third kappa shape index (κ3) is 4.01. The minimum atomic E-state index is 0.122. The van der Waals surface area contributed by atoms with E-state index in [1.807, 2.05) is 30.1 Å². The third-order valence-corrected chi connectivity index (χ3v) is 4.31. The lowest BCUT2D eigenvalue weighted by Gasteiger charge is -2.16. The van der Waals surface area contributed by atoms with Crippen LogP contribution in [0.25, 0.3) is 10.8 Å². The number of rotatable bonds is 5. The molecule has 0 aliphatic heterocycles. The highest BCUT2D eigenvalue weighted by Crippen LogP contribution is 2.25. The highest BCUT2D eigenvalue weighted by atomic mass is 32.2. The van der Waals surface area contributed by atoms with Crippen LogP contribution in [-0.4, -0.2) is 23.7 Å². The fourth-order valence-electron chi connectivity index (χ4n) is 2.10. The molecule has 0 fully saturated rings. The minimum Gasteiger partial charge on any atom is -0.336 e. The van der Waals surface area contributed by atoms with Gasteiger partial charge >= 0.3 is 0 Å². The first-order valence-corrected chi connectivity index (χ1v) is 7.94. The lowest BCUT2D eigenvalue weighted by Crippen LogP contribution is -2.23. The quantitative estimate of drug-likeness (QED) is 0.558. The van der Waals surface area contributed by atoms with Crippen molar-refractivity contribution in [3.05, 3.63) is 42.5 Å². The zero-order valence-corrected chi connectivity index (χ0v) is 13.0. The predicted molar refractivity (Wildman–Crippen MR) is 87.4 cm³/mol. The van der Waals surface area contributed by atoms with Crippen molar-refractivity contribution in [1.82, 2.24) is 4.90 Å². The molecule has 20 heavy (non-hydrogen) atoms. The second kappa shape index (κ2) is 7.34. The lowest BCUT2D eigenvalue weighted by atomic mass is 10.1. The van der Waals surface area contributed by atoms with E-state index in [4.69, 9.17) is 0 Å². The molecule has 106 valence electrons. The monoisotopic (exact) mass is 287 g/mol. The van der Waals surface area contributed by atoms with Gasteiger partial charge in [0.1, 0.15) is 0 Å². The van der Waals surface area contributed by atoms with Crippen LogP contribution in [0.4, 0.5) is 4.79 Å².